The van der Waals surface area contributed by atoms with Crippen molar-refractivity contribution in [2.45, 2.75) is 90.3 Å². The second-order valence-electron chi connectivity index (χ2n) is 12.9. The molecule has 252 valence electrons. The molecule has 10 nitrogen and oxygen atoms in total. The maximum Gasteiger partial charge on any atom is 0.251 e. The third kappa shape index (κ3) is 11.3. The number of carbonyl (C=O) groups is 1. The van der Waals surface area contributed by atoms with Gasteiger partial charge < -0.3 is 15.7 Å². The van der Waals surface area contributed by atoms with E-state index in [2.05, 4.69) is 43.5 Å². The summed E-state index contributed by atoms with van der Waals surface area (Å²) in [6, 6.07) is 12.1. The number of nitrogens with zero attached hydrogens (tertiary/aromatic N) is 2. The number of nitrogens with one attached hydrogen (secondary N) is 2. The van der Waals surface area contributed by atoms with E-state index in [-0.39, 0.29) is 35.9 Å². The summed E-state index contributed by atoms with van der Waals surface area (Å²) in [5, 5.41) is 17.7. The molecule has 0 fully saturated rings. The van der Waals surface area contributed by atoms with Crippen LogP contribution in [0.2, 0.25) is 0 Å². The second kappa shape index (κ2) is 16.2. The van der Waals surface area contributed by atoms with Gasteiger partial charge in [-0.3, -0.25) is 13.4 Å². The fourth-order valence-electron chi connectivity index (χ4n) is 5.69. The molecule has 0 saturated heterocycles. The van der Waals surface area contributed by atoms with Gasteiger partial charge in [-0.15, -0.1) is 0 Å². The summed E-state index contributed by atoms with van der Waals surface area (Å²) in [7, 11) is -6.06. The lowest BCUT2D eigenvalue weighted by Crippen LogP contribution is -2.48. The fourth-order valence-corrected chi connectivity index (χ4v) is 7.13. The highest BCUT2D eigenvalue weighted by atomic mass is 32.2. The number of aliphatic hydroxyl groups is 1. The monoisotopic (exact) mass is 664 g/mol. The van der Waals surface area contributed by atoms with Gasteiger partial charge >= 0.3 is 0 Å². The van der Waals surface area contributed by atoms with E-state index in [1.54, 1.807) is 0 Å². The first kappa shape index (κ1) is 36.8. The van der Waals surface area contributed by atoms with Crippen LogP contribution >= 0.6 is 0 Å². The van der Waals surface area contributed by atoms with E-state index in [0.29, 0.717) is 25.3 Å². The minimum atomic E-state index is -3.72. The van der Waals surface area contributed by atoms with E-state index in [1.807, 2.05) is 12.1 Å². The third-order valence-corrected chi connectivity index (χ3v) is 10.9. The Morgan fingerprint density at radius 2 is 1.71 bits per heavy atom. The van der Waals surface area contributed by atoms with E-state index in [1.165, 1.54) is 35.1 Å². The molecule has 3 rings (SSSR count). The third-order valence-electron chi connectivity index (χ3n) is 8.51. The van der Waals surface area contributed by atoms with E-state index in [9.17, 15) is 26.7 Å². The van der Waals surface area contributed by atoms with Crippen LogP contribution in [0.3, 0.4) is 0 Å². The van der Waals surface area contributed by atoms with Crippen molar-refractivity contribution in [3.05, 3.63) is 59.2 Å². The lowest BCUT2D eigenvalue weighted by Gasteiger charge is -2.29. The normalized spacial score (nSPS) is 20.1. The van der Waals surface area contributed by atoms with Crippen LogP contribution in [0.1, 0.15) is 93.1 Å². The average molecular weight is 665 g/mol. The molecule has 2 aromatic carbocycles. The number of sulfonamides is 2. The molecule has 0 aromatic heterocycles. The molecule has 3 atom stereocenters. The van der Waals surface area contributed by atoms with Crippen LogP contribution in [0.25, 0.3) is 0 Å². The van der Waals surface area contributed by atoms with Crippen molar-refractivity contribution in [1.82, 2.24) is 10.6 Å². The Labute approximate surface area is 270 Å². The first-order valence-corrected chi connectivity index (χ1v) is 19.6. The van der Waals surface area contributed by atoms with Gasteiger partial charge in [0.2, 0.25) is 20.0 Å². The number of rotatable bonds is 9. The van der Waals surface area contributed by atoms with E-state index in [4.69, 9.17) is 0 Å². The molecule has 1 heterocycles. The Bertz CT molecular complexity index is 1500. The zero-order valence-corrected chi connectivity index (χ0v) is 29.3. The molecular weight excluding hydrogens is 613 g/mol. The second-order valence-corrected chi connectivity index (χ2v) is 16.8. The van der Waals surface area contributed by atoms with Gasteiger partial charge in [0.25, 0.3) is 5.91 Å². The molecule has 1 amide bonds. The zero-order valence-electron chi connectivity index (χ0n) is 27.6. The highest BCUT2D eigenvalue weighted by molar-refractivity contribution is 7.92. The summed E-state index contributed by atoms with van der Waals surface area (Å²) < 4.78 is 52.9. The number of aliphatic hydroxyl groups excluding tert-OH is 1. The Morgan fingerprint density at radius 3 is 2.38 bits per heavy atom. The van der Waals surface area contributed by atoms with Crippen LogP contribution in [-0.4, -0.2) is 72.6 Å². The van der Waals surface area contributed by atoms with Gasteiger partial charge in [0.05, 0.1) is 36.0 Å². The van der Waals surface area contributed by atoms with Crippen molar-refractivity contribution in [3.8, 4) is 0 Å². The van der Waals surface area contributed by atoms with Gasteiger partial charge in [0.15, 0.2) is 0 Å². The highest BCUT2D eigenvalue weighted by Crippen LogP contribution is 2.29. The van der Waals surface area contributed by atoms with Gasteiger partial charge in [-0.1, -0.05) is 77.1 Å². The minimum absolute atomic E-state index is 0.113. The van der Waals surface area contributed by atoms with Gasteiger partial charge in [0, 0.05) is 32.2 Å². The summed E-state index contributed by atoms with van der Waals surface area (Å²) in [4.78, 5) is 13.8. The van der Waals surface area contributed by atoms with Crippen molar-refractivity contribution in [2.75, 3.05) is 41.3 Å². The molecule has 1 aliphatic heterocycles. The molecule has 3 N–H and O–H groups in total. The smallest absolute Gasteiger partial charge is 0.251 e. The molecule has 45 heavy (non-hydrogen) atoms. The molecule has 1 aliphatic rings. The van der Waals surface area contributed by atoms with Crippen LogP contribution < -0.4 is 19.2 Å². The number of fused-ring (bicyclic) bond motifs is 2. The van der Waals surface area contributed by atoms with Crippen LogP contribution in [0.5, 0.6) is 0 Å². The van der Waals surface area contributed by atoms with Crippen LogP contribution in [-0.2, 0) is 26.6 Å². The quantitative estimate of drug-likeness (QED) is 0.357. The van der Waals surface area contributed by atoms with Crippen molar-refractivity contribution >= 4 is 37.3 Å². The summed E-state index contributed by atoms with van der Waals surface area (Å²) in [6.45, 7) is 7.46. The SMILES string of the molecule is CC(C)c1cccc(CNC[C@@H](O)[C@@H]2C[C@H](C)CCCCCCCN(S(C)(=O)=O)c3cc(cc(N(C)S(C)(=O)=O)c3)C(=O)N2)c1. The van der Waals surface area contributed by atoms with E-state index in [0.717, 1.165) is 54.5 Å². The number of hydrogen-bond donors (Lipinski definition) is 3. The molecule has 2 bridgehead atoms. The van der Waals surface area contributed by atoms with Crippen molar-refractivity contribution in [3.63, 3.8) is 0 Å². The molecule has 0 aliphatic carbocycles. The number of benzene rings is 2. The van der Waals surface area contributed by atoms with Crippen LogP contribution in [0.4, 0.5) is 11.4 Å². The molecule has 12 heteroatoms. The number of amides is 1. The molecule has 0 radical (unpaired) electrons. The maximum absolute atomic E-state index is 13.8. The molecule has 0 saturated carbocycles. The largest absolute Gasteiger partial charge is 0.390 e. The first-order valence-electron chi connectivity index (χ1n) is 15.9. The van der Waals surface area contributed by atoms with Gasteiger partial charge in [-0.05, 0) is 54.0 Å². The summed E-state index contributed by atoms with van der Waals surface area (Å²) in [5.74, 6) is 0.146. The van der Waals surface area contributed by atoms with Gasteiger partial charge in [0.1, 0.15) is 0 Å². The van der Waals surface area contributed by atoms with Gasteiger partial charge in [-0.2, -0.15) is 0 Å². The Balaban J connectivity index is 1.93. The predicted octanol–water partition coefficient (Wildman–Crippen LogP) is 4.60. The van der Waals surface area contributed by atoms with Crippen LogP contribution in [0, 0.1) is 5.92 Å². The average Bonchev–Trinajstić information content (AvgIpc) is 2.96. The van der Waals surface area contributed by atoms with Crippen molar-refractivity contribution in [1.29, 1.82) is 0 Å². The van der Waals surface area contributed by atoms with Crippen molar-refractivity contribution in [2.24, 2.45) is 5.92 Å². The Kier molecular flexibility index (Phi) is 13.3. The first-order chi connectivity index (χ1) is 21.1. The minimum Gasteiger partial charge on any atom is -0.390 e. The Morgan fingerprint density at radius 1 is 1.02 bits per heavy atom. The van der Waals surface area contributed by atoms with E-state index >= 15 is 0 Å². The lowest BCUT2D eigenvalue weighted by molar-refractivity contribution is 0.0792. The summed E-state index contributed by atoms with van der Waals surface area (Å²) in [5.41, 5.74) is 2.86. The standard InChI is InChI=1S/C33H52N4O6S2/c1-24(2)27-15-12-14-26(18-27)22-34-23-32(38)31-17-25(3)13-10-8-7-9-11-16-37(45(6,42)43)30-20-28(33(39)35-31)19-29(21-30)36(4)44(5,40)41/h12,14-15,18-21,24-25,31-32,34,38H,7-11,13,16-17,22-23H2,1-6H3,(H,35,39)/t25-,31+,32-/m1/s1. The van der Waals surface area contributed by atoms with Crippen molar-refractivity contribution < 1.29 is 26.7 Å². The highest BCUT2D eigenvalue weighted by Gasteiger charge is 2.27. The zero-order chi connectivity index (χ0) is 33.4. The maximum atomic E-state index is 13.8. The molecular formula is C33H52N4O6S2. The fraction of sp³-hybridized carbons (Fsp3) is 0.606. The molecule has 0 unspecified atom stereocenters. The molecule has 0 spiro atoms. The molecule has 2 aromatic rings. The van der Waals surface area contributed by atoms with Gasteiger partial charge in [-0.25, -0.2) is 16.8 Å². The summed E-state index contributed by atoms with van der Waals surface area (Å²) in [6.07, 6.45) is 7.25. The lowest BCUT2D eigenvalue weighted by atomic mass is 9.92. The number of hydrogen-bond acceptors (Lipinski definition) is 7. The predicted molar refractivity (Wildman–Crippen MR) is 183 cm³/mol. The Hall–Kier alpha value is -2.67. The topological polar surface area (TPSA) is 136 Å². The number of anilines is 2. The van der Waals surface area contributed by atoms with Crippen LogP contribution in [0.15, 0.2) is 42.5 Å². The number of carbonyl (C=O) groups excluding carboxylic acids is 1. The van der Waals surface area contributed by atoms with E-state index < -0.39 is 38.1 Å². The summed E-state index contributed by atoms with van der Waals surface area (Å²) >= 11 is 0.